The second kappa shape index (κ2) is 9.12. The van der Waals surface area contributed by atoms with E-state index in [9.17, 15) is 35.9 Å². The van der Waals surface area contributed by atoms with E-state index in [1.54, 1.807) is 0 Å². The Morgan fingerprint density at radius 1 is 0.912 bits per heavy atom. The van der Waals surface area contributed by atoms with Crippen molar-refractivity contribution in [3.8, 4) is 11.5 Å². The molecule has 34 heavy (non-hydrogen) atoms. The Morgan fingerprint density at radius 2 is 1.62 bits per heavy atom. The van der Waals surface area contributed by atoms with Crippen molar-refractivity contribution in [3.63, 3.8) is 0 Å². The van der Waals surface area contributed by atoms with Crippen molar-refractivity contribution >= 4 is 17.6 Å². The number of allylic oxidation sites excluding steroid dienone is 2. The van der Waals surface area contributed by atoms with Crippen LogP contribution in [0.25, 0.3) is 0 Å². The van der Waals surface area contributed by atoms with Gasteiger partial charge in [-0.15, -0.1) is 0 Å². The molecule has 1 atom stereocenters. The molecule has 0 amide bonds. The van der Waals surface area contributed by atoms with Crippen molar-refractivity contribution in [1.82, 2.24) is 0 Å². The fourth-order valence-corrected chi connectivity index (χ4v) is 3.05. The van der Waals surface area contributed by atoms with Crippen LogP contribution in [0, 0.1) is 5.92 Å². The summed E-state index contributed by atoms with van der Waals surface area (Å²) in [5.41, 5.74) is 7.30. The predicted octanol–water partition coefficient (Wildman–Crippen LogP) is 4.76. The maximum atomic E-state index is 13.2. The van der Waals surface area contributed by atoms with Crippen LogP contribution in [-0.4, -0.2) is 18.1 Å². The zero-order valence-electron chi connectivity index (χ0n) is 17.0. The molecule has 0 saturated carbocycles. The molecule has 0 spiro atoms. The highest BCUT2D eigenvalue weighted by atomic mass is 19.4. The molecule has 1 aliphatic carbocycles. The van der Waals surface area contributed by atoms with Crippen molar-refractivity contribution in [2.75, 3.05) is 5.73 Å². The molecule has 4 N–H and O–H groups in total. The average molecular weight is 486 g/mol. The smallest absolute Gasteiger partial charge is 0.420 e. The van der Waals surface area contributed by atoms with Crippen molar-refractivity contribution in [2.24, 2.45) is 11.7 Å². The van der Waals surface area contributed by atoms with Crippen LogP contribution < -0.4 is 20.9 Å². The van der Waals surface area contributed by atoms with E-state index in [1.165, 1.54) is 18.2 Å². The summed E-state index contributed by atoms with van der Waals surface area (Å²) in [6.07, 6.45) is -8.05. The first-order chi connectivity index (χ1) is 15.8. The first-order valence-corrected chi connectivity index (χ1v) is 9.51. The number of hydrogen-bond acceptors (Lipinski definition) is 6. The Labute approximate surface area is 188 Å². The molecule has 0 aliphatic heterocycles. The zero-order valence-corrected chi connectivity index (χ0v) is 17.0. The van der Waals surface area contributed by atoms with Gasteiger partial charge >= 0.3 is 24.3 Å². The van der Waals surface area contributed by atoms with E-state index < -0.39 is 52.8 Å². The van der Waals surface area contributed by atoms with Crippen LogP contribution in [0.5, 0.6) is 11.5 Å². The molecular weight excluding hydrogens is 470 g/mol. The van der Waals surface area contributed by atoms with Gasteiger partial charge in [0.05, 0.1) is 17.1 Å². The molecule has 12 heteroatoms. The van der Waals surface area contributed by atoms with Gasteiger partial charge in [-0.05, 0) is 42.8 Å². The second-order valence-corrected chi connectivity index (χ2v) is 7.17. The molecule has 0 heterocycles. The molecule has 1 aliphatic rings. The molecule has 0 radical (unpaired) electrons. The third-order valence-electron chi connectivity index (χ3n) is 4.68. The van der Waals surface area contributed by atoms with E-state index in [-0.39, 0.29) is 23.4 Å². The first-order valence-electron chi connectivity index (χ1n) is 9.51. The Hall–Kier alpha value is -3.96. The van der Waals surface area contributed by atoms with Crippen LogP contribution in [0.4, 0.5) is 32.0 Å². The Kier molecular flexibility index (Phi) is 6.62. The normalized spacial score (nSPS) is 16.4. The lowest BCUT2D eigenvalue weighted by Gasteiger charge is -2.20. The van der Waals surface area contributed by atoms with E-state index in [0.717, 1.165) is 24.3 Å². The second-order valence-electron chi connectivity index (χ2n) is 7.17. The van der Waals surface area contributed by atoms with Gasteiger partial charge in [0.1, 0.15) is 17.1 Å². The number of rotatable bonds is 4. The summed E-state index contributed by atoms with van der Waals surface area (Å²) in [5, 5.41) is 0. The van der Waals surface area contributed by atoms with Gasteiger partial charge in [-0.3, -0.25) is 4.79 Å². The molecule has 0 aromatic heterocycles. The maximum Gasteiger partial charge on any atom is 0.420 e. The van der Waals surface area contributed by atoms with Crippen LogP contribution in [0.2, 0.25) is 0 Å². The summed E-state index contributed by atoms with van der Waals surface area (Å²) in [7, 11) is 0. The van der Waals surface area contributed by atoms with Gasteiger partial charge in [-0.1, -0.05) is 18.2 Å². The molecule has 3 rings (SSSR count). The molecule has 0 fully saturated rings. The van der Waals surface area contributed by atoms with E-state index >= 15 is 0 Å². The molecule has 0 saturated heterocycles. The van der Waals surface area contributed by atoms with E-state index in [1.807, 2.05) is 0 Å². The number of esters is 2. The molecule has 2 aromatic carbocycles. The summed E-state index contributed by atoms with van der Waals surface area (Å²) >= 11 is 0. The number of benzene rings is 2. The van der Waals surface area contributed by atoms with Crippen LogP contribution >= 0.6 is 0 Å². The number of carbonyl (C=O) groups is 2. The Morgan fingerprint density at radius 3 is 2.26 bits per heavy atom. The van der Waals surface area contributed by atoms with Gasteiger partial charge in [-0.2, -0.15) is 26.3 Å². The number of ether oxygens (including phenoxy) is 2. The fourth-order valence-electron chi connectivity index (χ4n) is 3.05. The summed E-state index contributed by atoms with van der Waals surface area (Å²) in [5.74, 6) is -4.54. The number of carbonyl (C=O) groups excluding carboxylic acids is 2. The molecular formula is C22H16F6N2O4. The standard InChI is InChI=1S/C22H16F6N2O4/c23-21(24,25)15-9-12(4-6-17(15)30)19(31)33-14-3-1-2-11(8-14)20(32)34-18-7-5-13(29)10-16(18)22(26,27)28/h1-3,5-10,12H,4,29-30H2. The SMILES string of the molecule is NC1=CCC(C(=O)Oc2cccc(C(=O)Oc3ccc(N)cc3C(F)(F)F)c2)C=C1C(F)(F)F. The average Bonchev–Trinajstić information content (AvgIpc) is 2.74. The number of nitrogen functional groups attached to an aromatic ring is 1. The summed E-state index contributed by atoms with van der Waals surface area (Å²) in [6, 6.07) is 7.29. The topological polar surface area (TPSA) is 105 Å². The lowest BCUT2D eigenvalue weighted by Crippen LogP contribution is -2.27. The van der Waals surface area contributed by atoms with Gasteiger partial charge in [0.15, 0.2) is 0 Å². The number of alkyl halides is 6. The third-order valence-corrected chi connectivity index (χ3v) is 4.68. The van der Waals surface area contributed by atoms with Gasteiger partial charge < -0.3 is 20.9 Å². The zero-order chi connectivity index (χ0) is 25.3. The minimum atomic E-state index is -4.84. The van der Waals surface area contributed by atoms with Gasteiger partial charge in [0.25, 0.3) is 0 Å². The van der Waals surface area contributed by atoms with Gasteiger partial charge in [0.2, 0.25) is 0 Å². The van der Waals surface area contributed by atoms with Gasteiger partial charge in [-0.25, -0.2) is 4.79 Å². The lowest BCUT2D eigenvalue weighted by molar-refractivity contribution is -0.139. The lowest BCUT2D eigenvalue weighted by atomic mass is 9.94. The first kappa shape index (κ1) is 24.7. The highest BCUT2D eigenvalue weighted by Gasteiger charge is 2.39. The van der Waals surface area contributed by atoms with Gasteiger partial charge in [0, 0.05) is 11.4 Å². The molecule has 180 valence electrons. The number of nitrogens with two attached hydrogens (primary N) is 2. The molecule has 6 nitrogen and oxygen atoms in total. The Balaban J connectivity index is 1.77. The highest BCUT2D eigenvalue weighted by molar-refractivity contribution is 5.92. The number of hydrogen-bond donors (Lipinski definition) is 2. The van der Waals surface area contributed by atoms with E-state index in [0.29, 0.717) is 12.1 Å². The van der Waals surface area contributed by atoms with Crippen molar-refractivity contribution in [1.29, 1.82) is 0 Å². The molecule has 2 aromatic rings. The number of halogens is 6. The van der Waals surface area contributed by atoms with Crippen molar-refractivity contribution in [3.05, 3.63) is 77.0 Å². The summed E-state index contributed by atoms with van der Waals surface area (Å²) in [6.45, 7) is 0. The van der Waals surface area contributed by atoms with Crippen LogP contribution in [0.15, 0.2) is 65.9 Å². The largest absolute Gasteiger partial charge is 0.426 e. The quantitative estimate of drug-likeness (QED) is 0.279. The summed E-state index contributed by atoms with van der Waals surface area (Å²) in [4.78, 5) is 24.7. The third kappa shape index (κ3) is 5.69. The van der Waals surface area contributed by atoms with E-state index in [4.69, 9.17) is 20.9 Å². The molecule has 1 unspecified atom stereocenters. The van der Waals surface area contributed by atoms with Crippen LogP contribution in [0.1, 0.15) is 22.3 Å². The molecule has 0 bridgehead atoms. The van der Waals surface area contributed by atoms with Crippen molar-refractivity contribution in [2.45, 2.75) is 18.8 Å². The van der Waals surface area contributed by atoms with E-state index in [2.05, 4.69) is 0 Å². The van der Waals surface area contributed by atoms with Crippen LogP contribution in [0.3, 0.4) is 0 Å². The highest BCUT2D eigenvalue weighted by Crippen LogP contribution is 2.38. The Bertz CT molecular complexity index is 1180. The van der Waals surface area contributed by atoms with Crippen molar-refractivity contribution < 1.29 is 45.4 Å². The summed E-state index contributed by atoms with van der Waals surface area (Å²) < 4.78 is 88.6. The van der Waals surface area contributed by atoms with Crippen LogP contribution in [-0.2, 0) is 11.0 Å². The number of anilines is 1. The monoisotopic (exact) mass is 486 g/mol. The maximum absolute atomic E-state index is 13.2. The minimum absolute atomic E-state index is 0.136. The predicted molar refractivity (Wildman–Crippen MR) is 107 cm³/mol. The fraction of sp³-hybridized carbons (Fsp3) is 0.182. The minimum Gasteiger partial charge on any atom is -0.426 e.